The molecule has 0 aromatic carbocycles. The van der Waals surface area contributed by atoms with Crippen molar-refractivity contribution in [3.63, 3.8) is 0 Å². The zero-order valence-electron chi connectivity index (χ0n) is 12.6. The number of thioether (sulfide) groups is 1. The molecule has 1 fully saturated rings. The van der Waals surface area contributed by atoms with E-state index in [2.05, 4.69) is 26.5 Å². The lowest BCUT2D eigenvalue weighted by molar-refractivity contribution is 0.420. The van der Waals surface area contributed by atoms with Crippen molar-refractivity contribution < 1.29 is 8.42 Å². The Bertz CT molecular complexity index is 544. The van der Waals surface area contributed by atoms with Crippen molar-refractivity contribution in [1.29, 1.82) is 0 Å². The second kappa shape index (κ2) is 7.62. The molecule has 1 aliphatic rings. The van der Waals surface area contributed by atoms with Gasteiger partial charge in [-0.05, 0) is 32.1 Å². The Labute approximate surface area is 130 Å². The van der Waals surface area contributed by atoms with Gasteiger partial charge in [0, 0.05) is 23.4 Å². The molecule has 2 unspecified atom stereocenters. The van der Waals surface area contributed by atoms with E-state index in [1.165, 1.54) is 6.42 Å². The molecule has 0 aliphatic heterocycles. The standard InChI is InChI=1S/C13H24N4O2S2/c1-3-14-8-10-9-15-16-13(10)21(18,19)17-11-5-4-6-12(7-11)20-2/h9,11-12,14,17H,3-8H2,1-2H3,(H,15,16). The number of nitrogens with one attached hydrogen (secondary N) is 3. The lowest BCUT2D eigenvalue weighted by atomic mass is 9.96. The summed E-state index contributed by atoms with van der Waals surface area (Å²) in [6.45, 7) is 3.27. The van der Waals surface area contributed by atoms with Crippen molar-refractivity contribution in [1.82, 2.24) is 20.2 Å². The van der Waals surface area contributed by atoms with Crippen LogP contribution in [0.3, 0.4) is 0 Å². The van der Waals surface area contributed by atoms with Gasteiger partial charge in [0.05, 0.1) is 6.20 Å². The summed E-state index contributed by atoms with van der Waals surface area (Å²) in [5.41, 5.74) is 0.682. The molecular formula is C13H24N4O2S2. The zero-order valence-corrected chi connectivity index (χ0v) is 14.2. The minimum atomic E-state index is -3.53. The average molecular weight is 332 g/mol. The molecule has 0 radical (unpaired) electrons. The summed E-state index contributed by atoms with van der Waals surface area (Å²) >= 11 is 1.82. The molecule has 2 rings (SSSR count). The van der Waals surface area contributed by atoms with Gasteiger partial charge in [-0.15, -0.1) is 0 Å². The number of rotatable bonds is 7. The molecule has 8 heteroatoms. The van der Waals surface area contributed by atoms with Gasteiger partial charge in [0.25, 0.3) is 10.0 Å². The molecule has 21 heavy (non-hydrogen) atoms. The topological polar surface area (TPSA) is 86.9 Å². The molecule has 3 N–H and O–H groups in total. The molecule has 1 aromatic heterocycles. The number of aromatic amines is 1. The fraction of sp³-hybridized carbons (Fsp3) is 0.769. The van der Waals surface area contributed by atoms with Crippen LogP contribution in [0.4, 0.5) is 0 Å². The first kappa shape index (κ1) is 16.8. The minimum Gasteiger partial charge on any atom is -0.313 e. The Morgan fingerprint density at radius 2 is 2.29 bits per heavy atom. The highest BCUT2D eigenvalue weighted by atomic mass is 32.2. The minimum absolute atomic E-state index is 0.0245. The van der Waals surface area contributed by atoms with Crippen LogP contribution < -0.4 is 10.0 Å². The van der Waals surface area contributed by atoms with E-state index in [1.54, 1.807) is 6.20 Å². The van der Waals surface area contributed by atoms with Gasteiger partial charge < -0.3 is 5.32 Å². The number of hydrogen-bond donors (Lipinski definition) is 3. The molecule has 6 nitrogen and oxygen atoms in total. The van der Waals surface area contributed by atoms with E-state index < -0.39 is 10.0 Å². The summed E-state index contributed by atoms with van der Waals surface area (Å²) in [6.07, 6.45) is 7.72. The lowest BCUT2D eigenvalue weighted by Crippen LogP contribution is -2.39. The van der Waals surface area contributed by atoms with Crippen molar-refractivity contribution >= 4 is 21.8 Å². The maximum absolute atomic E-state index is 12.5. The summed E-state index contributed by atoms with van der Waals surface area (Å²) in [4.78, 5) is 0. The Kier molecular flexibility index (Phi) is 6.09. The third-order valence-corrected chi connectivity index (χ3v) is 6.42. The summed E-state index contributed by atoms with van der Waals surface area (Å²) in [5, 5.41) is 10.4. The molecule has 120 valence electrons. The number of aromatic nitrogens is 2. The summed E-state index contributed by atoms with van der Waals surface area (Å²) < 4.78 is 27.9. The number of H-pyrrole nitrogens is 1. The van der Waals surface area contributed by atoms with Gasteiger partial charge in [-0.1, -0.05) is 13.3 Å². The van der Waals surface area contributed by atoms with E-state index in [0.29, 0.717) is 17.4 Å². The van der Waals surface area contributed by atoms with E-state index in [9.17, 15) is 8.42 Å². The Morgan fingerprint density at radius 1 is 1.48 bits per heavy atom. The summed E-state index contributed by atoms with van der Waals surface area (Å²) in [7, 11) is -3.53. The molecule has 1 aromatic rings. The average Bonchev–Trinajstić information content (AvgIpc) is 2.94. The van der Waals surface area contributed by atoms with E-state index >= 15 is 0 Å². The number of nitrogens with zero attached hydrogens (tertiary/aromatic N) is 1. The number of hydrogen-bond acceptors (Lipinski definition) is 5. The van der Waals surface area contributed by atoms with Crippen molar-refractivity contribution in [2.24, 2.45) is 0 Å². The maximum atomic E-state index is 12.5. The molecule has 1 saturated carbocycles. The smallest absolute Gasteiger partial charge is 0.258 e. The van der Waals surface area contributed by atoms with Crippen LogP contribution in [0.2, 0.25) is 0 Å². The Balaban J connectivity index is 2.06. The van der Waals surface area contributed by atoms with Gasteiger partial charge in [-0.3, -0.25) is 5.10 Å². The highest BCUT2D eigenvalue weighted by molar-refractivity contribution is 7.99. The third kappa shape index (κ3) is 4.45. The zero-order chi connectivity index (χ0) is 15.3. The van der Waals surface area contributed by atoms with Crippen LogP contribution in [-0.4, -0.2) is 42.7 Å². The van der Waals surface area contributed by atoms with Crippen molar-refractivity contribution in [3.8, 4) is 0 Å². The highest BCUT2D eigenvalue weighted by Gasteiger charge is 2.28. The molecule has 1 heterocycles. The second-order valence-corrected chi connectivity index (χ2v) is 8.14. The molecule has 0 bridgehead atoms. The number of sulfonamides is 1. The van der Waals surface area contributed by atoms with Gasteiger partial charge in [0.2, 0.25) is 0 Å². The Morgan fingerprint density at radius 3 is 3.00 bits per heavy atom. The fourth-order valence-corrected chi connectivity index (χ4v) is 4.90. The van der Waals surface area contributed by atoms with Crippen LogP contribution in [0.1, 0.15) is 38.2 Å². The van der Waals surface area contributed by atoms with Gasteiger partial charge in [0.1, 0.15) is 0 Å². The van der Waals surface area contributed by atoms with Crippen LogP contribution >= 0.6 is 11.8 Å². The van der Waals surface area contributed by atoms with Crippen molar-refractivity contribution in [2.45, 2.75) is 55.5 Å². The van der Waals surface area contributed by atoms with E-state index in [0.717, 1.165) is 25.8 Å². The lowest BCUT2D eigenvalue weighted by Gasteiger charge is -2.28. The molecular weight excluding hydrogens is 308 g/mol. The van der Waals surface area contributed by atoms with Crippen molar-refractivity contribution in [2.75, 3.05) is 12.8 Å². The predicted molar refractivity (Wildman–Crippen MR) is 85.8 cm³/mol. The van der Waals surface area contributed by atoms with Gasteiger partial charge >= 0.3 is 0 Å². The highest BCUT2D eigenvalue weighted by Crippen LogP contribution is 2.28. The van der Waals surface area contributed by atoms with Crippen LogP contribution in [0.15, 0.2) is 11.2 Å². The summed E-state index contributed by atoms with van der Waals surface area (Å²) in [6, 6.07) is 0.0245. The van der Waals surface area contributed by atoms with Gasteiger partial charge in [-0.2, -0.15) is 16.9 Å². The third-order valence-electron chi connectivity index (χ3n) is 3.79. The van der Waals surface area contributed by atoms with Crippen LogP contribution in [0, 0.1) is 0 Å². The molecule has 1 aliphatic carbocycles. The molecule has 2 atom stereocenters. The quantitative estimate of drug-likeness (QED) is 0.704. The fourth-order valence-electron chi connectivity index (χ4n) is 2.66. The molecule has 0 amide bonds. The second-order valence-electron chi connectivity index (χ2n) is 5.35. The first-order valence-corrected chi connectivity index (χ1v) is 10.1. The largest absolute Gasteiger partial charge is 0.313 e. The first-order valence-electron chi connectivity index (χ1n) is 7.35. The van der Waals surface area contributed by atoms with Crippen LogP contribution in [0.5, 0.6) is 0 Å². The van der Waals surface area contributed by atoms with Gasteiger partial charge in [-0.25, -0.2) is 13.1 Å². The predicted octanol–water partition coefficient (Wildman–Crippen LogP) is 1.47. The summed E-state index contributed by atoms with van der Waals surface area (Å²) in [5.74, 6) is 0. The maximum Gasteiger partial charge on any atom is 0.258 e. The van der Waals surface area contributed by atoms with E-state index in [-0.39, 0.29) is 11.1 Å². The van der Waals surface area contributed by atoms with Crippen LogP contribution in [-0.2, 0) is 16.6 Å². The van der Waals surface area contributed by atoms with Gasteiger partial charge in [0.15, 0.2) is 5.03 Å². The van der Waals surface area contributed by atoms with Crippen LogP contribution in [0.25, 0.3) is 0 Å². The van der Waals surface area contributed by atoms with Crippen molar-refractivity contribution in [3.05, 3.63) is 11.8 Å². The SMILES string of the molecule is CCNCc1cn[nH]c1S(=O)(=O)NC1CCCC(SC)C1. The van der Waals surface area contributed by atoms with E-state index in [4.69, 9.17) is 0 Å². The molecule has 0 saturated heterocycles. The monoisotopic (exact) mass is 332 g/mol. The normalized spacial score (nSPS) is 23.3. The first-order chi connectivity index (χ1) is 10.1. The Hall–Kier alpha value is -0.570. The van der Waals surface area contributed by atoms with E-state index in [1.807, 2.05) is 18.7 Å². The molecule has 0 spiro atoms.